The summed E-state index contributed by atoms with van der Waals surface area (Å²) in [6, 6.07) is 3.31. The maximum absolute atomic E-state index is 12.6. The number of H-pyrrole nitrogens is 1. The van der Waals surface area contributed by atoms with Crippen LogP contribution < -0.4 is 15.8 Å². The van der Waals surface area contributed by atoms with Crippen molar-refractivity contribution in [1.29, 1.82) is 0 Å². The Morgan fingerprint density at radius 3 is 2.67 bits per heavy atom. The number of nitrogens with zero attached hydrogens (tertiary/aromatic N) is 6. The van der Waals surface area contributed by atoms with Crippen molar-refractivity contribution in [2.24, 2.45) is 0 Å². The summed E-state index contributed by atoms with van der Waals surface area (Å²) in [4.78, 5) is 30.5. The lowest BCUT2D eigenvalue weighted by Gasteiger charge is -2.35. The van der Waals surface area contributed by atoms with E-state index >= 15 is 0 Å². The lowest BCUT2D eigenvalue weighted by Crippen LogP contribution is -2.47. The Hall–Kier alpha value is -2.63. The molecule has 2 aliphatic heterocycles. The third-order valence-electron chi connectivity index (χ3n) is 6.06. The highest BCUT2D eigenvalue weighted by molar-refractivity contribution is 7.29. The minimum Gasteiger partial charge on any atom is -0.348 e. The quantitative estimate of drug-likeness (QED) is 0.502. The van der Waals surface area contributed by atoms with E-state index < -0.39 is 0 Å². The molecule has 0 aromatic carbocycles. The van der Waals surface area contributed by atoms with Gasteiger partial charge in [0.25, 0.3) is 5.56 Å². The molecule has 2 bridgehead atoms. The van der Waals surface area contributed by atoms with Crippen molar-refractivity contribution < 1.29 is 0 Å². The van der Waals surface area contributed by atoms with Gasteiger partial charge in [-0.1, -0.05) is 22.7 Å². The van der Waals surface area contributed by atoms with E-state index in [1.165, 1.54) is 54.0 Å². The van der Waals surface area contributed by atoms with Crippen LogP contribution in [-0.4, -0.2) is 54.9 Å². The second-order valence-corrected chi connectivity index (χ2v) is 9.86. The molecule has 2 N–H and O–H groups in total. The van der Waals surface area contributed by atoms with Crippen molar-refractivity contribution in [3.05, 3.63) is 35.1 Å². The number of anilines is 1. The lowest BCUT2D eigenvalue weighted by atomic mass is 9.99. The summed E-state index contributed by atoms with van der Waals surface area (Å²) in [6.07, 6.45) is 9.78. The molecule has 11 heteroatoms. The van der Waals surface area contributed by atoms with E-state index in [9.17, 15) is 4.79 Å². The highest BCUT2D eigenvalue weighted by Crippen LogP contribution is 2.36. The number of fused-ring (bicyclic) bond motifs is 3. The Kier molecular flexibility index (Phi) is 4.22. The number of aromatic nitrogens is 6. The molecule has 2 aliphatic rings. The average molecular weight is 441 g/mol. The number of nitrogens with one attached hydrogen (secondary N) is 2. The largest absolute Gasteiger partial charge is 0.348 e. The molecule has 0 spiro atoms. The summed E-state index contributed by atoms with van der Waals surface area (Å²) in [5.41, 5.74) is 1.19. The Morgan fingerprint density at radius 1 is 1.17 bits per heavy atom. The molecule has 6 heterocycles. The third kappa shape index (κ3) is 3.04. The van der Waals surface area contributed by atoms with E-state index in [1.807, 2.05) is 0 Å². The molecule has 154 valence electrons. The number of thiazole rings is 2. The lowest BCUT2D eigenvalue weighted by molar-refractivity contribution is 0.354. The van der Waals surface area contributed by atoms with Gasteiger partial charge in [0, 0.05) is 43.0 Å². The summed E-state index contributed by atoms with van der Waals surface area (Å²) < 4.78 is 1.47. The third-order valence-corrected chi connectivity index (χ3v) is 8.18. The van der Waals surface area contributed by atoms with Crippen molar-refractivity contribution in [3.63, 3.8) is 0 Å². The van der Waals surface area contributed by atoms with E-state index in [0.29, 0.717) is 29.0 Å². The van der Waals surface area contributed by atoms with Gasteiger partial charge in [-0.3, -0.25) is 9.89 Å². The Morgan fingerprint density at radius 2 is 1.97 bits per heavy atom. The number of hydrogen-bond acceptors (Lipinski definition) is 9. The van der Waals surface area contributed by atoms with Gasteiger partial charge in [0.15, 0.2) is 14.8 Å². The maximum atomic E-state index is 12.6. The van der Waals surface area contributed by atoms with Crippen molar-refractivity contribution in [2.75, 3.05) is 11.9 Å². The van der Waals surface area contributed by atoms with Gasteiger partial charge < -0.3 is 10.2 Å². The molecule has 1 unspecified atom stereocenters. The van der Waals surface area contributed by atoms with Crippen LogP contribution in [0.1, 0.15) is 25.7 Å². The van der Waals surface area contributed by atoms with Gasteiger partial charge in [-0.05, 0) is 25.7 Å². The normalized spacial score (nSPS) is 23.3. The summed E-state index contributed by atoms with van der Waals surface area (Å²) in [6.45, 7) is 0. The van der Waals surface area contributed by atoms with E-state index in [2.05, 4.69) is 37.4 Å². The number of piperidine rings is 1. The summed E-state index contributed by atoms with van der Waals surface area (Å²) in [7, 11) is 2.14. The Labute approximate surface area is 179 Å². The van der Waals surface area contributed by atoms with Crippen molar-refractivity contribution in [2.45, 2.75) is 43.8 Å². The average Bonchev–Trinajstić information content (AvgIpc) is 3.51. The molecule has 6 rings (SSSR count). The topological polar surface area (TPSA) is 105 Å². The summed E-state index contributed by atoms with van der Waals surface area (Å²) in [5, 5.41) is 11.9. The first-order chi connectivity index (χ1) is 14.6. The molecule has 0 aliphatic carbocycles. The van der Waals surface area contributed by atoms with Gasteiger partial charge >= 0.3 is 0 Å². The Bertz CT molecular complexity index is 1220. The van der Waals surface area contributed by atoms with Crippen LogP contribution in [0.5, 0.6) is 0 Å². The monoisotopic (exact) mass is 440 g/mol. The molecule has 3 atom stereocenters. The number of rotatable bonds is 4. The van der Waals surface area contributed by atoms with Crippen LogP contribution in [0.25, 0.3) is 26.0 Å². The predicted molar refractivity (Wildman–Crippen MR) is 118 cm³/mol. The van der Waals surface area contributed by atoms with Crippen molar-refractivity contribution >= 4 is 37.5 Å². The molecule has 0 radical (unpaired) electrons. The van der Waals surface area contributed by atoms with Crippen LogP contribution in [-0.2, 0) is 0 Å². The summed E-state index contributed by atoms with van der Waals surface area (Å²) >= 11 is 3.01. The molecule has 30 heavy (non-hydrogen) atoms. The van der Waals surface area contributed by atoms with Gasteiger partial charge in [-0.2, -0.15) is 5.10 Å². The van der Waals surface area contributed by atoms with Gasteiger partial charge in [-0.15, -0.1) is 0 Å². The Balaban J connectivity index is 1.27. The fraction of sp³-hybridized carbons (Fsp3) is 0.421. The molecular weight excluding hydrogens is 420 g/mol. The fourth-order valence-electron chi connectivity index (χ4n) is 4.47. The molecule has 9 nitrogen and oxygen atoms in total. The molecule has 4 aromatic rings. The molecule has 0 saturated carbocycles. The second kappa shape index (κ2) is 6.96. The molecule has 2 fully saturated rings. The van der Waals surface area contributed by atoms with Crippen LogP contribution in [0.2, 0.25) is 0 Å². The highest BCUT2D eigenvalue weighted by Gasteiger charge is 2.36. The van der Waals surface area contributed by atoms with E-state index in [1.54, 1.807) is 23.7 Å². The van der Waals surface area contributed by atoms with Crippen molar-refractivity contribution in [3.8, 4) is 16.4 Å². The summed E-state index contributed by atoms with van der Waals surface area (Å²) in [5.74, 6) is 0. The first-order valence-corrected chi connectivity index (χ1v) is 11.6. The van der Waals surface area contributed by atoms with E-state index in [-0.39, 0.29) is 5.56 Å². The second-order valence-electron chi connectivity index (χ2n) is 7.95. The minimum atomic E-state index is -0.176. The van der Waals surface area contributed by atoms with Gasteiger partial charge in [0.05, 0.1) is 11.9 Å². The molecule has 4 aromatic heterocycles. The highest BCUT2D eigenvalue weighted by atomic mass is 32.1. The minimum absolute atomic E-state index is 0.176. The zero-order valence-electron chi connectivity index (χ0n) is 16.3. The molecular formula is C19H20N8OS2. The number of hydrogen-bond donors (Lipinski definition) is 2. The van der Waals surface area contributed by atoms with Crippen LogP contribution in [0, 0.1) is 0 Å². The standard InChI is InChI=1S/C19H20N8OS2/c1-26(13-4-11-2-3-12(5-13)23-11)18-24-16-17(29-18)25-19(30-16)27-9-20-14(6-15(27)28)10-7-21-22-8-10/h6-9,11-13,23H,2-5H2,1H3,(H,21,22)/t11-,12+,13?. The maximum Gasteiger partial charge on any atom is 0.260 e. The van der Waals surface area contributed by atoms with E-state index in [0.717, 1.165) is 20.4 Å². The molecule has 0 amide bonds. The van der Waals surface area contributed by atoms with Crippen LogP contribution in [0.3, 0.4) is 0 Å². The van der Waals surface area contributed by atoms with Crippen molar-refractivity contribution in [1.82, 2.24) is 35.0 Å². The van der Waals surface area contributed by atoms with Crippen LogP contribution in [0.4, 0.5) is 5.13 Å². The smallest absolute Gasteiger partial charge is 0.260 e. The number of aromatic amines is 1. The zero-order valence-corrected chi connectivity index (χ0v) is 17.9. The van der Waals surface area contributed by atoms with Gasteiger partial charge in [0.2, 0.25) is 5.13 Å². The first kappa shape index (κ1) is 18.2. The van der Waals surface area contributed by atoms with Gasteiger partial charge in [-0.25, -0.2) is 19.5 Å². The predicted octanol–water partition coefficient (Wildman–Crippen LogP) is 2.41. The molecule has 2 saturated heterocycles. The van der Waals surface area contributed by atoms with Gasteiger partial charge in [0.1, 0.15) is 6.33 Å². The van der Waals surface area contributed by atoms with Crippen LogP contribution in [0.15, 0.2) is 29.6 Å². The SMILES string of the molecule is CN(c1nc2sc(-n3cnc(-c4cn[nH]c4)cc3=O)nc2s1)C1C[C@H]2CC[C@@H](C1)N2. The fourth-order valence-corrected chi connectivity index (χ4v) is 6.51. The zero-order chi connectivity index (χ0) is 20.2. The first-order valence-electron chi connectivity index (χ1n) is 9.98. The van der Waals surface area contributed by atoms with E-state index in [4.69, 9.17) is 4.98 Å². The van der Waals surface area contributed by atoms with Crippen LogP contribution >= 0.6 is 22.7 Å².